The van der Waals surface area contributed by atoms with E-state index < -0.39 is 42.3 Å². The van der Waals surface area contributed by atoms with Gasteiger partial charge in [0.2, 0.25) is 5.91 Å². The van der Waals surface area contributed by atoms with E-state index in [2.05, 4.69) is 25.9 Å². The Kier molecular flexibility index (Phi) is 14.7. The average Bonchev–Trinajstić information content (AvgIpc) is 3.59. The van der Waals surface area contributed by atoms with Crippen LogP contribution in [0.2, 0.25) is 0 Å². The molecule has 4 N–H and O–H groups in total. The Morgan fingerprint density at radius 1 is 0.780 bits per heavy atom. The molecule has 4 rings (SSSR count). The van der Waals surface area contributed by atoms with Gasteiger partial charge in [-0.2, -0.15) is 0 Å². The van der Waals surface area contributed by atoms with Gasteiger partial charge in [0, 0.05) is 35.3 Å². The molecule has 4 aromatic rings. The first-order valence-corrected chi connectivity index (χ1v) is 17.7. The van der Waals surface area contributed by atoms with Crippen LogP contribution in [0, 0.1) is 5.92 Å². The highest BCUT2D eigenvalue weighted by Crippen LogP contribution is 2.20. The molecule has 0 spiro atoms. The lowest BCUT2D eigenvalue weighted by atomic mass is 9.93. The standard InChI is InChI=1S/C38H47N5O6S/c1-25(2)34(43-38(47)49-23-31-24-50-36(40-31)26(3)4)35(45)42-32(19-28-14-9-6-10-15-28)33(44)20-30(18-27-12-7-5-8-13-27)41-37(46)48-22-29-16-11-17-39-21-29/h5-17,21,24-26,30,32-34,44H,18-20,22-23H2,1-4H3,(H,41,46)(H,42,45)(H,43,47)/t30-,32-,33-,34?/m0/s1. The van der Waals surface area contributed by atoms with E-state index >= 15 is 0 Å². The number of nitrogens with zero attached hydrogens (tertiary/aromatic N) is 2. The molecule has 0 aliphatic heterocycles. The van der Waals surface area contributed by atoms with E-state index in [1.165, 1.54) is 11.3 Å². The summed E-state index contributed by atoms with van der Waals surface area (Å²) in [7, 11) is 0. The summed E-state index contributed by atoms with van der Waals surface area (Å²) < 4.78 is 10.9. The van der Waals surface area contributed by atoms with Crippen molar-refractivity contribution in [1.29, 1.82) is 0 Å². The third-order valence-corrected chi connectivity index (χ3v) is 9.19. The topological polar surface area (TPSA) is 152 Å². The molecule has 0 aliphatic rings. The van der Waals surface area contributed by atoms with Gasteiger partial charge >= 0.3 is 12.2 Å². The number of pyridine rings is 1. The molecular formula is C38H47N5O6S. The van der Waals surface area contributed by atoms with Crippen LogP contribution in [0.15, 0.2) is 90.6 Å². The van der Waals surface area contributed by atoms with Crippen LogP contribution in [-0.4, -0.2) is 57.4 Å². The van der Waals surface area contributed by atoms with Crippen LogP contribution in [0.4, 0.5) is 9.59 Å². The van der Waals surface area contributed by atoms with Gasteiger partial charge in [0.25, 0.3) is 0 Å². The summed E-state index contributed by atoms with van der Waals surface area (Å²) in [5.74, 6) is -0.478. The maximum Gasteiger partial charge on any atom is 0.408 e. The van der Waals surface area contributed by atoms with E-state index in [0.717, 1.165) is 21.7 Å². The molecule has 50 heavy (non-hydrogen) atoms. The van der Waals surface area contributed by atoms with Crippen LogP contribution in [-0.2, 0) is 40.3 Å². The zero-order chi connectivity index (χ0) is 35.9. The molecule has 2 aromatic heterocycles. The predicted molar refractivity (Wildman–Crippen MR) is 192 cm³/mol. The minimum atomic E-state index is -1.08. The van der Waals surface area contributed by atoms with Gasteiger partial charge in [-0.1, -0.05) is 94.4 Å². The monoisotopic (exact) mass is 701 g/mol. The van der Waals surface area contributed by atoms with Gasteiger partial charge < -0.3 is 30.5 Å². The molecule has 4 atom stereocenters. The average molecular weight is 702 g/mol. The van der Waals surface area contributed by atoms with E-state index in [0.29, 0.717) is 18.5 Å². The van der Waals surface area contributed by atoms with Crippen molar-refractivity contribution in [3.8, 4) is 0 Å². The van der Waals surface area contributed by atoms with Crippen molar-refractivity contribution in [3.05, 3.63) is 118 Å². The van der Waals surface area contributed by atoms with E-state index in [1.54, 1.807) is 18.5 Å². The molecule has 0 radical (unpaired) electrons. The van der Waals surface area contributed by atoms with E-state index in [1.807, 2.05) is 99.8 Å². The number of hydrogen-bond donors (Lipinski definition) is 4. The first-order chi connectivity index (χ1) is 24.1. The van der Waals surface area contributed by atoms with Crippen LogP contribution in [0.25, 0.3) is 0 Å². The summed E-state index contributed by atoms with van der Waals surface area (Å²) in [6.07, 6.45) is 1.66. The quantitative estimate of drug-likeness (QED) is 0.106. The normalized spacial score (nSPS) is 13.6. The van der Waals surface area contributed by atoms with Gasteiger partial charge in [0.05, 0.1) is 22.8 Å². The number of nitrogens with one attached hydrogen (secondary N) is 3. The number of alkyl carbamates (subject to hydrolysis) is 2. The zero-order valence-corrected chi connectivity index (χ0v) is 29.8. The van der Waals surface area contributed by atoms with Gasteiger partial charge in [0.15, 0.2) is 0 Å². The van der Waals surface area contributed by atoms with Crippen molar-refractivity contribution >= 4 is 29.4 Å². The molecule has 2 aromatic carbocycles. The number of carbonyl (C=O) groups is 3. The fourth-order valence-electron chi connectivity index (χ4n) is 5.31. The lowest BCUT2D eigenvalue weighted by molar-refractivity contribution is -0.125. The molecular weight excluding hydrogens is 655 g/mol. The summed E-state index contributed by atoms with van der Waals surface area (Å²) in [5, 5.41) is 23.1. The van der Waals surface area contributed by atoms with Crippen LogP contribution in [0.1, 0.15) is 67.4 Å². The van der Waals surface area contributed by atoms with Crippen molar-refractivity contribution in [2.24, 2.45) is 5.92 Å². The highest BCUT2D eigenvalue weighted by Gasteiger charge is 2.31. The molecule has 266 valence electrons. The molecule has 1 unspecified atom stereocenters. The van der Waals surface area contributed by atoms with E-state index in [-0.39, 0.29) is 31.5 Å². The minimum absolute atomic E-state index is 0.0166. The molecule has 3 amide bonds. The second kappa shape index (κ2) is 19.4. The van der Waals surface area contributed by atoms with Gasteiger partial charge in [-0.3, -0.25) is 9.78 Å². The second-order valence-corrected chi connectivity index (χ2v) is 13.7. The van der Waals surface area contributed by atoms with E-state index in [9.17, 15) is 19.5 Å². The van der Waals surface area contributed by atoms with Gasteiger partial charge in [0.1, 0.15) is 19.3 Å². The number of rotatable bonds is 17. The summed E-state index contributed by atoms with van der Waals surface area (Å²) in [5.41, 5.74) is 3.25. The number of thiazole rings is 1. The minimum Gasteiger partial charge on any atom is -0.445 e. The Hall–Kier alpha value is -4.81. The van der Waals surface area contributed by atoms with Gasteiger partial charge in [-0.15, -0.1) is 11.3 Å². The number of aromatic nitrogens is 2. The highest BCUT2D eigenvalue weighted by atomic mass is 32.1. The SMILES string of the molecule is CC(C)c1nc(COC(=O)NC(C(=O)N[C@@H](Cc2ccccc2)[C@@H](O)C[C@H](Cc2ccccc2)NC(=O)OCc2cccnc2)C(C)C)cs1. The molecule has 2 heterocycles. The molecule has 12 heteroatoms. The summed E-state index contributed by atoms with van der Waals surface area (Å²) in [6, 6.07) is 20.5. The fraction of sp³-hybridized carbons (Fsp3) is 0.395. The van der Waals surface area contributed by atoms with Crippen molar-refractivity contribution in [3.63, 3.8) is 0 Å². The number of aliphatic hydroxyl groups excluding tert-OH is 1. The summed E-state index contributed by atoms with van der Waals surface area (Å²) in [4.78, 5) is 48.0. The number of amides is 3. The summed E-state index contributed by atoms with van der Waals surface area (Å²) >= 11 is 1.51. The summed E-state index contributed by atoms with van der Waals surface area (Å²) in [6.45, 7) is 7.75. The maximum absolute atomic E-state index is 13.8. The largest absolute Gasteiger partial charge is 0.445 e. The van der Waals surface area contributed by atoms with Crippen molar-refractivity contribution in [2.75, 3.05) is 0 Å². The molecule has 0 saturated carbocycles. The van der Waals surface area contributed by atoms with Crippen LogP contribution in [0.3, 0.4) is 0 Å². The Balaban J connectivity index is 1.45. The van der Waals surface area contributed by atoms with E-state index in [4.69, 9.17) is 9.47 Å². The Labute approximate surface area is 297 Å². The highest BCUT2D eigenvalue weighted by molar-refractivity contribution is 7.09. The van der Waals surface area contributed by atoms with Crippen LogP contribution >= 0.6 is 11.3 Å². The zero-order valence-electron chi connectivity index (χ0n) is 29.0. The smallest absolute Gasteiger partial charge is 0.408 e. The maximum atomic E-state index is 13.8. The Bertz CT molecular complexity index is 1620. The Morgan fingerprint density at radius 2 is 1.40 bits per heavy atom. The van der Waals surface area contributed by atoms with Gasteiger partial charge in [-0.05, 0) is 42.4 Å². The lowest BCUT2D eigenvalue weighted by Crippen LogP contribution is -2.56. The Morgan fingerprint density at radius 3 is 2.00 bits per heavy atom. The number of benzene rings is 2. The fourth-order valence-corrected chi connectivity index (χ4v) is 6.13. The first-order valence-electron chi connectivity index (χ1n) is 16.8. The third-order valence-electron chi connectivity index (χ3n) is 7.99. The number of carbonyl (C=O) groups excluding carboxylic acids is 3. The number of hydrogen-bond acceptors (Lipinski definition) is 9. The number of ether oxygens (including phenoxy) is 2. The van der Waals surface area contributed by atoms with Gasteiger partial charge in [-0.25, -0.2) is 14.6 Å². The van der Waals surface area contributed by atoms with Crippen molar-refractivity contribution < 1.29 is 29.0 Å². The molecule has 0 saturated heterocycles. The van der Waals surface area contributed by atoms with Crippen molar-refractivity contribution in [1.82, 2.24) is 25.9 Å². The lowest BCUT2D eigenvalue weighted by Gasteiger charge is -2.30. The molecule has 0 aliphatic carbocycles. The van der Waals surface area contributed by atoms with Crippen LogP contribution < -0.4 is 16.0 Å². The molecule has 0 bridgehead atoms. The first kappa shape index (κ1) is 38.0. The van der Waals surface area contributed by atoms with Crippen molar-refractivity contribution in [2.45, 2.75) is 90.3 Å². The number of aliphatic hydroxyl groups is 1. The second-order valence-electron chi connectivity index (χ2n) is 12.9. The predicted octanol–water partition coefficient (Wildman–Crippen LogP) is 5.93. The molecule has 11 nitrogen and oxygen atoms in total. The third kappa shape index (κ3) is 12.6. The van der Waals surface area contributed by atoms with Crippen LogP contribution in [0.5, 0.6) is 0 Å². The molecule has 0 fully saturated rings.